The summed E-state index contributed by atoms with van der Waals surface area (Å²) in [7, 11) is 1.62. The molecule has 0 aliphatic rings. The first-order valence-electron chi connectivity index (χ1n) is 5.23. The van der Waals surface area contributed by atoms with Crippen LogP contribution in [0.5, 0.6) is 0 Å². The standard InChI is InChI=1S/C12H17NO3/c1-3-13-11(12(14)15)10-6-4-5-9(7-10)8-16-2/h4-7,11,13H,3,8H2,1-2H3,(H,14,15). The van der Waals surface area contributed by atoms with Crippen molar-refractivity contribution in [3.05, 3.63) is 35.4 Å². The molecule has 88 valence electrons. The highest BCUT2D eigenvalue weighted by Crippen LogP contribution is 2.15. The zero-order chi connectivity index (χ0) is 12.0. The van der Waals surface area contributed by atoms with E-state index in [1.807, 2.05) is 25.1 Å². The molecule has 1 atom stereocenters. The van der Waals surface area contributed by atoms with Gasteiger partial charge in [-0.1, -0.05) is 31.2 Å². The second-order valence-electron chi connectivity index (χ2n) is 3.51. The molecule has 1 unspecified atom stereocenters. The molecule has 1 rings (SSSR count). The third-order valence-corrected chi connectivity index (χ3v) is 2.25. The summed E-state index contributed by atoms with van der Waals surface area (Å²) in [6.45, 7) is 2.99. The molecule has 0 saturated heterocycles. The molecule has 2 N–H and O–H groups in total. The molecule has 4 heteroatoms. The van der Waals surface area contributed by atoms with Crippen molar-refractivity contribution in [1.29, 1.82) is 0 Å². The van der Waals surface area contributed by atoms with Gasteiger partial charge < -0.3 is 15.2 Å². The summed E-state index contributed by atoms with van der Waals surface area (Å²) < 4.78 is 5.02. The highest BCUT2D eigenvalue weighted by atomic mass is 16.5. The first kappa shape index (κ1) is 12.7. The van der Waals surface area contributed by atoms with Crippen molar-refractivity contribution >= 4 is 5.97 Å². The Morgan fingerprint density at radius 1 is 1.56 bits per heavy atom. The number of rotatable bonds is 6. The van der Waals surface area contributed by atoms with E-state index in [0.29, 0.717) is 13.2 Å². The molecule has 0 saturated carbocycles. The molecule has 1 aromatic rings. The number of ether oxygens (including phenoxy) is 1. The van der Waals surface area contributed by atoms with Gasteiger partial charge in [0.05, 0.1) is 6.61 Å². The number of aliphatic carboxylic acids is 1. The Labute approximate surface area is 95.2 Å². The van der Waals surface area contributed by atoms with Crippen molar-refractivity contribution in [3.63, 3.8) is 0 Å². The smallest absolute Gasteiger partial charge is 0.325 e. The highest BCUT2D eigenvalue weighted by Gasteiger charge is 2.18. The van der Waals surface area contributed by atoms with Crippen LogP contribution in [-0.4, -0.2) is 24.7 Å². The normalized spacial score (nSPS) is 12.4. The monoisotopic (exact) mass is 223 g/mol. The van der Waals surface area contributed by atoms with Gasteiger partial charge in [-0.05, 0) is 17.7 Å². The van der Waals surface area contributed by atoms with Crippen LogP contribution in [-0.2, 0) is 16.1 Å². The minimum Gasteiger partial charge on any atom is -0.480 e. The Hall–Kier alpha value is -1.39. The second-order valence-corrected chi connectivity index (χ2v) is 3.51. The van der Waals surface area contributed by atoms with Gasteiger partial charge in [-0.3, -0.25) is 4.79 Å². The number of carbonyl (C=O) groups is 1. The predicted octanol–water partition coefficient (Wildman–Crippen LogP) is 1.57. The molecule has 0 amide bonds. The Balaban J connectivity index is 2.90. The van der Waals surface area contributed by atoms with E-state index in [-0.39, 0.29) is 0 Å². The SMILES string of the molecule is CCNC(C(=O)O)c1cccc(COC)c1. The zero-order valence-electron chi connectivity index (χ0n) is 9.56. The van der Waals surface area contributed by atoms with Gasteiger partial charge >= 0.3 is 5.97 Å². The molecule has 1 aromatic carbocycles. The van der Waals surface area contributed by atoms with E-state index in [1.165, 1.54) is 0 Å². The quantitative estimate of drug-likeness (QED) is 0.768. The fourth-order valence-corrected chi connectivity index (χ4v) is 1.58. The summed E-state index contributed by atoms with van der Waals surface area (Å²) in [6, 6.07) is 6.77. The summed E-state index contributed by atoms with van der Waals surface area (Å²) in [5.41, 5.74) is 1.73. The molecule has 0 aromatic heterocycles. The van der Waals surface area contributed by atoms with Gasteiger partial charge in [0.15, 0.2) is 0 Å². The fourth-order valence-electron chi connectivity index (χ4n) is 1.58. The number of carboxylic acid groups (broad SMARTS) is 1. The Kier molecular flexibility index (Phi) is 4.95. The minimum absolute atomic E-state index is 0.492. The number of likely N-dealkylation sites (N-methyl/N-ethyl adjacent to an activating group) is 1. The van der Waals surface area contributed by atoms with Crippen molar-refractivity contribution < 1.29 is 14.6 Å². The fraction of sp³-hybridized carbons (Fsp3) is 0.417. The summed E-state index contributed by atoms with van der Waals surface area (Å²) in [4.78, 5) is 11.1. The maximum Gasteiger partial charge on any atom is 0.325 e. The average molecular weight is 223 g/mol. The van der Waals surface area contributed by atoms with Crippen molar-refractivity contribution in [1.82, 2.24) is 5.32 Å². The minimum atomic E-state index is -0.864. The first-order valence-corrected chi connectivity index (χ1v) is 5.23. The summed E-state index contributed by atoms with van der Waals surface area (Å²) in [5.74, 6) is -0.864. The Bertz CT molecular complexity index is 352. The van der Waals surface area contributed by atoms with Crippen molar-refractivity contribution in [2.75, 3.05) is 13.7 Å². The maximum atomic E-state index is 11.1. The number of methoxy groups -OCH3 is 1. The van der Waals surface area contributed by atoms with Crippen LogP contribution in [0.25, 0.3) is 0 Å². The van der Waals surface area contributed by atoms with E-state index in [2.05, 4.69) is 5.32 Å². The van der Waals surface area contributed by atoms with E-state index >= 15 is 0 Å². The van der Waals surface area contributed by atoms with Crippen LogP contribution >= 0.6 is 0 Å². The molecule has 0 heterocycles. The molecule has 16 heavy (non-hydrogen) atoms. The van der Waals surface area contributed by atoms with Crippen LogP contribution in [0.15, 0.2) is 24.3 Å². The molecule has 0 spiro atoms. The van der Waals surface area contributed by atoms with Crippen LogP contribution in [0, 0.1) is 0 Å². The molecule has 0 aliphatic carbocycles. The van der Waals surface area contributed by atoms with E-state index in [4.69, 9.17) is 9.84 Å². The average Bonchev–Trinajstić information content (AvgIpc) is 2.26. The Morgan fingerprint density at radius 2 is 2.31 bits per heavy atom. The molecule has 0 fully saturated rings. The largest absolute Gasteiger partial charge is 0.480 e. The number of benzene rings is 1. The van der Waals surface area contributed by atoms with Crippen LogP contribution < -0.4 is 5.32 Å². The van der Waals surface area contributed by atoms with Crippen molar-refractivity contribution in [2.24, 2.45) is 0 Å². The van der Waals surface area contributed by atoms with Crippen LogP contribution in [0.4, 0.5) is 0 Å². The van der Waals surface area contributed by atoms with Gasteiger partial charge in [0.2, 0.25) is 0 Å². The molecule has 0 radical (unpaired) electrons. The third kappa shape index (κ3) is 3.32. The molecular weight excluding hydrogens is 206 g/mol. The zero-order valence-corrected chi connectivity index (χ0v) is 9.56. The number of hydrogen-bond donors (Lipinski definition) is 2. The topological polar surface area (TPSA) is 58.6 Å². The Morgan fingerprint density at radius 3 is 2.88 bits per heavy atom. The summed E-state index contributed by atoms with van der Waals surface area (Å²) in [5, 5.41) is 12.0. The van der Waals surface area contributed by atoms with Crippen LogP contribution in [0.1, 0.15) is 24.1 Å². The van der Waals surface area contributed by atoms with Gasteiger partial charge in [0.25, 0.3) is 0 Å². The van der Waals surface area contributed by atoms with Gasteiger partial charge in [0, 0.05) is 7.11 Å². The predicted molar refractivity (Wildman–Crippen MR) is 61.2 cm³/mol. The lowest BCUT2D eigenvalue weighted by molar-refractivity contribution is -0.139. The van der Waals surface area contributed by atoms with Gasteiger partial charge in [-0.15, -0.1) is 0 Å². The lowest BCUT2D eigenvalue weighted by Crippen LogP contribution is -2.28. The van der Waals surface area contributed by atoms with Crippen LogP contribution in [0.2, 0.25) is 0 Å². The molecule has 0 aliphatic heterocycles. The van der Waals surface area contributed by atoms with Gasteiger partial charge in [0.1, 0.15) is 6.04 Å². The second kappa shape index (κ2) is 6.25. The molecule has 4 nitrogen and oxygen atoms in total. The summed E-state index contributed by atoms with van der Waals surface area (Å²) in [6.07, 6.45) is 0. The van der Waals surface area contributed by atoms with E-state index in [1.54, 1.807) is 13.2 Å². The van der Waals surface area contributed by atoms with Crippen LogP contribution in [0.3, 0.4) is 0 Å². The van der Waals surface area contributed by atoms with E-state index < -0.39 is 12.0 Å². The van der Waals surface area contributed by atoms with Gasteiger partial charge in [-0.2, -0.15) is 0 Å². The first-order chi connectivity index (χ1) is 7.69. The van der Waals surface area contributed by atoms with Gasteiger partial charge in [-0.25, -0.2) is 0 Å². The van der Waals surface area contributed by atoms with E-state index in [0.717, 1.165) is 11.1 Å². The molecule has 0 bridgehead atoms. The maximum absolute atomic E-state index is 11.1. The molecular formula is C12H17NO3. The van der Waals surface area contributed by atoms with E-state index in [9.17, 15) is 4.79 Å². The van der Waals surface area contributed by atoms with Crippen molar-refractivity contribution in [2.45, 2.75) is 19.6 Å². The number of carboxylic acids is 1. The highest BCUT2D eigenvalue weighted by molar-refractivity contribution is 5.75. The lowest BCUT2D eigenvalue weighted by atomic mass is 10.0. The summed E-state index contributed by atoms with van der Waals surface area (Å²) >= 11 is 0. The number of hydrogen-bond acceptors (Lipinski definition) is 3. The van der Waals surface area contributed by atoms with Crippen molar-refractivity contribution in [3.8, 4) is 0 Å². The lowest BCUT2D eigenvalue weighted by Gasteiger charge is -2.14. The third-order valence-electron chi connectivity index (χ3n) is 2.25. The number of nitrogens with one attached hydrogen (secondary N) is 1.